The van der Waals surface area contributed by atoms with Gasteiger partial charge >= 0.3 is 0 Å². The van der Waals surface area contributed by atoms with Crippen molar-refractivity contribution in [3.63, 3.8) is 0 Å². The van der Waals surface area contributed by atoms with Crippen molar-refractivity contribution in [1.82, 2.24) is 0 Å². The molecule has 1 heterocycles. The summed E-state index contributed by atoms with van der Waals surface area (Å²) in [6, 6.07) is 16.1. The van der Waals surface area contributed by atoms with Crippen LogP contribution in [0.2, 0.25) is 0 Å². The summed E-state index contributed by atoms with van der Waals surface area (Å²) < 4.78 is 1.15. The Morgan fingerprint density at radius 3 is 2.48 bits per heavy atom. The third kappa shape index (κ3) is 3.36. The molecule has 0 aromatic heterocycles. The van der Waals surface area contributed by atoms with Crippen LogP contribution >= 0.6 is 22.6 Å². The van der Waals surface area contributed by atoms with Gasteiger partial charge in [-0.25, -0.2) is 0 Å². The summed E-state index contributed by atoms with van der Waals surface area (Å²) in [6.07, 6.45) is 0. The first-order valence-electron chi connectivity index (χ1n) is 8.28. The Morgan fingerprint density at radius 2 is 1.88 bits per heavy atom. The van der Waals surface area contributed by atoms with E-state index in [4.69, 9.17) is 5.26 Å². The summed E-state index contributed by atoms with van der Waals surface area (Å²) in [5.74, 6) is 0.309. The zero-order chi connectivity index (χ0) is 18.1. The Balaban J connectivity index is 2.03. The van der Waals surface area contributed by atoms with Gasteiger partial charge in [0, 0.05) is 33.8 Å². The molecular weight excluding hydrogens is 425 g/mol. The lowest BCUT2D eigenvalue weighted by molar-refractivity contribution is -0.117. The maximum absolute atomic E-state index is 12.2. The lowest BCUT2D eigenvalue weighted by atomic mass is 9.82. The third-order valence-electron chi connectivity index (χ3n) is 4.95. The molecular formula is C20H20IN3O. The van der Waals surface area contributed by atoms with Crippen LogP contribution in [0.4, 0.5) is 11.4 Å². The van der Waals surface area contributed by atoms with Crippen molar-refractivity contribution in [2.75, 3.05) is 10.2 Å². The minimum absolute atomic E-state index is 0.0682. The lowest BCUT2D eigenvalue weighted by Crippen LogP contribution is -2.48. The van der Waals surface area contributed by atoms with Gasteiger partial charge in [-0.3, -0.25) is 4.79 Å². The minimum Gasteiger partial charge on any atom is -0.378 e. The molecule has 25 heavy (non-hydrogen) atoms. The molecule has 5 heteroatoms. The molecule has 1 aliphatic rings. The summed E-state index contributed by atoms with van der Waals surface area (Å²) in [7, 11) is 0. The molecule has 1 aliphatic heterocycles. The zero-order valence-corrected chi connectivity index (χ0v) is 16.6. The number of hydrogen-bond donors (Lipinski definition) is 1. The largest absolute Gasteiger partial charge is 0.378 e. The number of amides is 1. The molecule has 0 saturated heterocycles. The second-order valence-electron chi connectivity index (χ2n) is 6.50. The number of halogens is 1. The minimum atomic E-state index is 0.0682. The van der Waals surface area contributed by atoms with Crippen molar-refractivity contribution < 1.29 is 4.79 Å². The van der Waals surface area contributed by atoms with Crippen LogP contribution in [-0.2, 0) is 4.79 Å². The SMILES string of the molecule is CC(=O)N1c2ccc(I)cc2[C@H](Nc2ccc(C#N)cc2)[C@@H](C)[C@@H]1C. The Hall–Kier alpha value is -2.07. The molecule has 1 amide bonds. The van der Waals surface area contributed by atoms with Crippen LogP contribution in [0.1, 0.15) is 37.9 Å². The van der Waals surface area contributed by atoms with Gasteiger partial charge < -0.3 is 10.2 Å². The number of nitriles is 1. The number of anilines is 2. The van der Waals surface area contributed by atoms with Crippen molar-refractivity contribution in [3.05, 3.63) is 57.2 Å². The molecule has 0 unspecified atom stereocenters. The van der Waals surface area contributed by atoms with Crippen LogP contribution in [0.5, 0.6) is 0 Å². The fraction of sp³-hybridized carbons (Fsp3) is 0.300. The zero-order valence-electron chi connectivity index (χ0n) is 14.5. The lowest BCUT2D eigenvalue weighted by Gasteiger charge is -2.44. The van der Waals surface area contributed by atoms with E-state index in [1.807, 2.05) is 41.3 Å². The molecule has 0 spiro atoms. The van der Waals surface area contributed by atoms with Crippen molar-refractivity contribution in [2.24, 2.45) is 5.92 Å². The summed E-state index contributed by atoms with van der Waals surface area (Å²) in [6.45, 7) is 5.89. The van der Waals surface area contributed by atoms with Crippen LogP contribution in [0.25, 0.3) is 0 Å². The van der Waals surface area contributed by atoms with Crippen LogP contribution < -0.4 is 10.2 Å². The predicted molar refractivity (Wildman–Crippen MR) is 108 cm³/mol. The third-order valence-corrected chi connectivity index (χ3v) is 5.62. The smallest absolute Gasteiger partial charge is 0.224 e. The number of hydrogen-bond acceptors (Lipinski definition) is 3. The van der Waals surface area contributed by atoms with E-state index >= 15 is 0 Å². The van der Waals surface area contributed by atoms with Gasteiger partial charge in [0.15, 0.2) is 0 Å². The number of rotatable bonds is 2. The second-order valence-corrected chi connectivity index (χ2v) is 7.75. The number of benzene rings is 2. The molecule has 0 aliphatic carbocycles. The van der Waals surface area contributed by atoms with E-state index in [1.165, 1.54) is 0 Å². The van der Waals surface area contributed by atoms with E-state index in [1.54, 1.807) is 6.92 Å². The number of carbonyl (C=O) groups is 1. The molecule has 128 valence electrons. The van der Waals surface area contributed by atoms with Crippen molar-refractivity contribution in [1.29, 1.82) is 5.26 Å². The van der Waals surface area contributed by atoms with E-state index in [0.717, 1.165) is 20.5 Å². The average molecular weight is 445 g/mol. The summed E-state index contributed by atoms with van der Waals surface area (Å²) >= 11 is 2.31. The van der Waals surface area contributed by atoms with E-state index < -0.39 is 0 Å². The quantitative estimate of drug-likeness (QED) is 0.682. The molecule has 0 saturated carbocycles. The Morgan fingerprint density at radius 1 is 1.20 bits per heavy atom. The number of nitrogens with zero attached hydrogens (tertiary/aromatic N) is 2. The number of nitrogens with one attached hydrogen (secondary N) is 1. The summed E-state index contributed by atoms with van der Waals surface area (Å²) in [4.78, 5) is 14.1. The molecule has 0 bridgehead atoms. The van der Waals surface area contributed by atoms with E-state index in [2.05, 4.69) is 53.9 Å². The highest BCUT2D eigenvalue weighted by molar-refractivity contribution is 14.1. The number of fused-ring (bicyclic) bond motifs is 1. The second kappa shape index (κ2) is 7.04. The molecule has 0 fully saturated rings. The first kappa shape index (κ1) is 17.7. The highest BCUT2D eigenvalue weighted by Gasteiger charge is 2.38. The fourth-order valence-corrected chi connectivity index (χ4v) is 4.01. The van der Waals surface area contributed by atoms with Crippen LogP contribution in [-0.4, -0.2) is 11.9 Å². The molecule has 2 aromatic rings. The highest BCUT2D eigenvalue weighted by atomic mass is 127. The number of carbonyl (C=O) groups excluding carboxylic acids is 1. The van der Waals surface area contributed by atoms with E-state index in [9.17, 15) is 4.79 Å². The Labute approximate surface area is 162 Å². The van der Waals surface area contributed by atoms with Gasteiger partial charge in [0.25, 0.3) is 0 Å². The molecule has 3 atom stereocenters. The van der Waals surface area contributed by atoms with Crippen LogP contribution in [0, 0.1) is 20.8 Å². The summed E-state index contributed by atoms with van der Waals surface area (Å²) in [5.41, 5.74) is 3.74. The van der Waals surface area contributed by atoms with Gasteiger partial charge in [-0.1, -0.05) is 6.92 Å². The van der Waals surface area contributed by atoms with Gasteiger partial charge in [-0.05, 0) is 77.5 Å². The predicted octanol–water partition coefficient (Wildman–Crippen LogP) is 4.71. The van der Waals surface area contributed by atoms with Crippen molar-refractivity contribution in [3.8, 4) is 6.07 Å². The van der Waals surface area contributed by atoms with Crippen LogP contribution in [0.3, 0.4) is 0 Å². The molecule has 0 radical (unpaired) electrons. The Kier molecular flexibility index (Phi) is 5.00. The molecule has 1 N–H and O–H groups in total. The summed E-state index contributed by atoms with van der Waals surface area (Å²) in [5, 5.41) is 12.6. The monoisotopic (exact) mass is 445 g/mol. The van der Waals surface area contributed by atoms with Gasteiger partial charge in [0.1, 0.15) is 0 Å². The standard InChI is InChI=1S/C20H20IN3O/c1-12-13(2)24(14(3)25)19-9-6-16(21)10-18(19)20(12)23-17-7-4-15(11-22)5-8-17/h4-10,12-13,20,23H,1-3H3/t12-,13-,20+/m0/s1. The van der Waals surface area contributed by atoms with Gasteiger partial charge in [0.2, 0.25) is 5.91 Å². The molecule has 4 nitrogen and oxygen atoms in total. The maximum atomic E-state index is 12.2. The van der Waals surface area contributed by atoms with Crippen LogP contribution in [0.15, 0.2) is 42.5 Å². The Bertz CT molecular complexity index is 841. The average Bonchev–Trinajstić information content (AvgIpc) is 2.60. The normalized spacial score (nSPS) is 22.0. The first-order valence-corrected chi connectivity index (χ1v) is 9.36. The fourth-order valence-electron chi connectivity index (χ4n) is 3.50. The first-order chi connectivity index (χ1) is 11.9. The highest BCUT2D eigenvalue weighted by Crippen LogP contribution is 2.43. The molecule has 3 rings (SSSR count). The molecule has 2 aromatic carbocycles. The topological polar surface area (TPSA) is 56.1 Å². The van der Waals surface area contributed by atoms with Gasteiger partial charge in [-0.2, -0.15) is 5.26 Å². The van der Waals surface area contributed by atoms with Crippen molar-refractivity contribution >= 4 is 39.9 Å². The van der Waals surface area contributed by atoms with E-state index in [-0.39, 0.29) is 23.9 Å². The van der Waals surface area contributed by atoms with Gasteiger partial charge in [0.05, 0.1) is 17.7 Å². The van der Waals surface area contributed by atoms with Gasteiger partial charge in [-0.15, -0.1) is 0 Å². The van der Waals surface area contributed by atoms with Crippen molar-refractivity contribution in [2.45, 2.75) is 32.9 Å². The maximum Gasteiger partial charge on any atom is 0.224 e. The van der Waals surface area contributed by atoms with E-state index in [0.29, 0.717) is 5.56 Å².